The molecule has 0 aliphatic carbocycles. The van der Waals surface area contributed by atoms with Crippen molar-refractivity contribution < 1.29 is 50.0 Å². The number of aromatic nitrogens is 8. The summed E-state index contributed by atoms with van der Waals surface area (Å²) < 4.78 is 20.5. The van der Waals surface area contributed by atoms with Crippen LogP contribution in [0.4, 0.5) is 23.5 Å². The van der Waals surface area contributed by atoms with Crippen LogP contribution in [0.1, 0.15) is 29.1 Å². The number of phenols is 1. The Bertz CT molecular complexity index is 3380. The van der Waals surface area contributed by atoms with E-state index in [1.165, 1.54) is 21.8 Å². The Morgan fingerprint density at radius 2 is 1.00 bits per heavy atom. The number of aliphatic hydroxyl groups is 6. The molecular formula is C53H54N12O10. The molecule has 0 amide bonds. The van der Waals surface area contributed by atoms with Crippen molar-refractivity contribution in [3.05, 3.63) is 157 Å². The third kappa shape index (κ3) is 10.6. The number of hydrogen-bond acceptors (Lipinski definition) is 20. The molecule has 0 spiro atoms. The molecular weight excluding hydrogens is 965 g/mol. The van der Waals surface area contributed by atoms with Crippen LogP contribution in [0.15, 0.2) is 140 Å². The number of aromatic hydroxyl groups is 1. The van der Waals surface area contributed by atoms with Crippen molar-refractivity contribution >= 4 is 45.9 Å². The molecule has 0 radical (unpaired) electrons. The predicted molar refractivity (Wildman–Crippen MR) is 276 cm³/mol. The minimum Gasteiger partial charge on any atom is -0.508 e. The van der Waals surface area contributed by atoms with Gasteiger partial charge in [0.05, 0.1) is 13.2 Å². The fraction of sp³-hybridized carbons (Fsp3) is 0.245. The number of anilines is 4. The number of nitrogens with one attached hydrogen (secondary N) is 2. The summed E-state index contributed by atoms with van der Waals surface area (Å²) in [7, 11) is 0. The molecule has 22 heteroatoms. The van der Waals surface area contributed by atoms with Crippen LogP contribution in [-0.4, -0.2) is 125 Å². The predicted octanol–water partition coefficient (Wildman–Crippen LogP) is 3.88. The smallest absolute Gasteiger partial charge is 0.207 e. The monoisotopic (exact) mass is 1020 g/mol. The zero-order valence-corrected chi connectivity index (χ0v) is 40.0. The van der Waals surface area contributed by atoms with Crippen molar-refractivity contribution in [3.8, 4) is 33.8 Å². The summed E-state index contributed by atoms with van der Waals surface area (Å²) in [5, 5.41) is 77.0. The molecule has 5 aromatic carbocycles. The standard InChI is InChI=1S/C30H30N6O5.C23H24N6O5/c31-27-24-28(34-17-33-27)36(29-26(39)25(38)23(15-37)41-29)30(35-24)32-14-18-9-11-20(12-10-18)21-7-4-8-22(13-21)40-16-19-5-2-1-3-6-19;24-20-17-21(27-11-26-20)29(22-19(33)18(32)16(10-30)34-22)23(28-17)25-9-12-4-6-13(7-5-12)14-2-1-3-15(31)8-14/h1-13,17,23,25-26,29,37-39H,14-16H2,(H,32,35)(H2,31,33,34);1-8,11,16,18-19,22,30-33H,9-10H2,(H,25,28)(H2,24,26,27)/t23-,25-,26-,29-;16-,18-,19-,22-/m11/s1. The van der Waals surface area contributed by atoms with Crippen molar-refractivity contribution in [2.24, 2.45) is 0 Å². The van der Waals surface area contributed by atoms with Gasteiger partial charge in [-0.05, 0) is 63.2 Å². The fourth-order valence-electron chi connectivity index (χ4n) is 8.95. The molecule has 2 aliphatic heterocycles. The maximum Gasteiger partial charge on any atom is 0.207 e. The van der Waals surface area contributed by atoms with Crippen molar-refractivity contribution in [1.82, 2.24) is 39.0 Å². The summed E-state index contributed by atoms with van der Waals surface area (Å²) in [6, 6.07) is 40.9. The van der Waals surface area contributed by atoms with E-state index in [9.17, 15) is 35.7 Å². The van der Waals surface area contributed by atoms with Crippen LogP contribution in [0.5, 0.6) is 11.5 Å². The SMILES string of the molecule is Nc1ncnc2c1nc(NCc1ccc(-c3cccc(O)c3)cc1)n2[C@@H]1O[C@H](CO)[C@@H](O)[C@H]1O.Nc1ncnc2c1nc(NCc1ccc(-c3cccc(OCc4ccccc4)c3)cc1)n2[C@@H]1O[C@H](CO)[C@@H](O)[C@H]1O. The Morgan fingerprint density at radius 3 is 1.47 bits per heavy atom. The summed E-state index contributed by atoms with van der Waals surface area (Å²) in [6.45, 7) is 0.375. The number of phenolic OH excluding ortho intramolecular Hbond substituents is 1. The zero-order valence-electron chi connectivity index (χ0n) is 40.0. The topological polar surface area (TPSA) is 333 Å². The lowest BCUT2D eigenvalue weighted by molar-refractivity contribution is -0.0501. The van der Waals surface area contributed by atoms with Crippen LogP contribution in [0.3, 0.4) is 0 Å². The number of fused-ring (bicyclic) bond motifs is 2. The van der Waals surface area contributed by atoms with Crippen LogP contribution in [0.25, 0.3) is 44.6 Å². The normalized spacial score (nSPS) is 21.3. The van der Waals surface area contributed by atoms with Crippen molar-refractivity contribution in [2.75, 3.05) is 35.3 Å². The van der Waals surface area contributed by atoms with Gasteiger partial charge in [-0.15, -0.1) is 0 Å². The highest BCUT2D eigenvalue weighted by atomic mass is 16.6. The van der Waals surface area contributed by atoms with E-state index in [4.69, 9.17) is 25.7 Å². The second kappa shape index (κ2) is 22.0. The van der Waals surface area contributed by atoms with Gasteiger partial charge in [-0.3, -0.25) is 9.13 Å². The van der Waals surface area contributed by atoms with Gasteiger partial charge in [0, 0.05) is 13.1 Å². The van der Waals surface area contributed by atoms with Gasteiger partial charge in [0.1, 0.15) is 67.4 Å². The van der Waals surface area contributed by atoms with E-state index in [1.807, 2.05) is 109 Å². The Morgan fingerprint density at radius 1 is 0.520 bits per heavy atom. The zero-order chi connectivity index (χ0) is 52.2. The summed E-state index contributed by atoms with van der Waals surface area (Å²) in [6.07, 6.45) is -6.58. The van der Waals surface area contributed by atoms with Crippen LogP contribution in [-0.2, 0) is 29.2 Å². The van der Waals surface area contributed by atoms with Gasteiger partial charge < -0.3 is 72.1 Å². The molecule has 2 saturated heterocycles. The quantitative estimate of drug-likeness (QED) is 0.0694. The first-order valence-electron chi connectivity index (χ1n) is 23.9. The van der Waals surface area contributed by atoms with E-state index in [-0.39, 0.29) is 17.4 Å². The summed E-state index contributed by atoms with van der Waals surface area (Å²) in [5.41, 5.74) is 20.3. The van der Waals surface area contributed by atoms with Gasteiger partial charge in [0.15, 0.2) is 46.4 Å². The van der Waals surface area contributed by atoms with Gasteiger partial charge in [-0.2, -0.15) is 0 Å². The van der Waals surface area contributed by atoms with E-state index >= 15 is 0 Å². The first-order chi connectivity index (χ1) is 36.5. The average Bonchev–Trinajstić information content (AvgIpc) is 4.18. The average molecular weight is 1020 g/mol. The van der Waals surface area contributed by atoms with Gasteiger partial charge in [-0.1, -0.05) is 103 Å². The molecule has 9 aromatic rings. The molecule has 0 unspecified atom stereocenters. The lowest BCUT2D eigenvalue weighted by atomic mass is 10.0. The molecule has 22 nitrogen and oxygen atoms in total. The number of nitrogens with zero attached hydrogens (tertiary/aromatic N) is 8. The van der Waals surface area contributed by atoms with Crippen molar-refractivity contribution in [1.29, 1.82) is 0 Å². The molecule has 13 N–H and O–H groups in total. The second-order valence-corrected chi connectivity index (χ2v) is 17.9. The highest BCUT2D eigenvalue weighted by molar-refractivity contribution is 5.85. The van der Waals surface area contributed by atoms with Crippen LogP contribution in [0, 0.1) is 0 Å². The van der Waals surface area contributed by atoms with Gasteiger partial charge in [0.2, 0.25) is 11.9 Å². The van der Waals surface area contributed by atoms with Crippen LogP contribution in [0.2, 0.25) is 0 Å². The van der Waals surface area contributed by atoms with Crippen molar-refractivity contribution in [3.63, 3.8) is 0 Å². The molecule has 0 saturated carbocycles. The molecule has 2 aliphatic rings. The molecule has 6 heterocycles. The van der Waals surface area contributed by atoms with E-state index in [0.717, 1.165) is 44.7 Å². The van der Waals surface area contributed by atoms with Crippen LogP contribution >= 0.6 is 0 Å². The third-order valence-electron chi connectivity index (χ3n) is 13.0. The number of imidazole rings is 2. The maximum atomic E-state index is 10.7. The minimum absolute atomic E-state index is 0.161. The van der Waals surface area contributed by atoms with E-state index in [0.29, 0.717) is 53.9 Å². The first kappa shape index (κ1) is 50.2. The molecule has 11 rings (SSSR count). The molecule has 75 heavy (non-hydrogen) atoms. The second-order valence-electron chi connectivity index (χ2n) is 17.9. The largest absolute Gasteiger partial charge is 0.508 e. The lowest BCUT2D eigenvalue weighted by Gasteiger charge is -2.19. The van der Waals surface area contributed by atoms with Crippen molar-refractivity contribution in [2.45, 2.75) is 68.8 Å². The fourth-order valence-corrected chi connectivity index (χ4v) is 8.95. The number of benzene rings is 5. The number of hydrogen-bond donors (Lipinski definition) is 11. The number of nitrogens with two attached hydrogens (primary N) is 2. The maximum absolute atomic E-state index is 10.7. The van der Waals surface area contributed by atoms with E-state index in [2.05, 4.69) is 40.5 Å². The van der Waals surface area contributed by atoms with E-state index in [1.54, 1.807) is 18.2 Å². The van der Waals surface area contributed by atoms with E-state index < -0.39 is 62.3 Å². The molecule has 2 fully saturated rings. The molecule has 4 aromatic heterocycles. The third-order valence-corrected chi connectivity index (χ3v) is 13.0. The Kier molecular flexibility index (Phi) is 14.8. The van der Waals surface area contributed by atoms with Gasteiger partial charge in [-0.25, -0.2) is 29.9 Å². The first-order valence-corrected chi connectivity index (χ1v) is 23.9. The van der Waals surface area contributed by atoms with Gasteiger partial charge in [0.25, 0.3) is 0 Å². The Labute approximate surface area is 428 Å². The molecule has 0 bridgehead atoms. The molecule has 8 atom stereocenters. The summed E-state index contributed by atoms with van der Waals surface area (Å²) in [4.78, 5) is 25.5. The minimum atomic E-state index is -1.31. The molecule has 386 valence electrons. The van der Waals surface area contributed by atoms with Gasteiger partial charge >= 0.3 is 0 Å². The lowest BCUT2D eigenvalue weighted by Crippen LogP contribution is -2.33. The number of aliphatic hydroxyl groups excluding tert-OH is 6. The highest BCUT2D eigenvalue weighted by Gasteiger charge is 2.46. The number of nitrogen functional groups attached to an aromatic ring is 2. The summed E-state index contributed by atoms with van der Waals surface area (Å²) >= 11 is 0. The van der Waals surface area contributed by atoms with Crippen LogP contribution < -0.4 is 26.8 Å². The highest BCUT2D eigenvalue weighted by Crippen LogP contribution is 2.37. The number of rotatable bonds is 15. The summed E-state index contributed by atoms with van der Waals surface area (Å²) in [5.74, 6) is 1.97. The number of ether oxygens (including phenoxy) is 3. The Balaban J connectivity index is 0.000000174. The Hall–Kier alpha value is -8.32.